The first kappa shape index (κ1) is 14.9. The lowest BCUT2D eigenvalue weighted by Crippen LogP contribution is -1.90. The van der Waals surface area contributed by atoms with Crippen molar-refractivity contribution < 1.29 is 0 Å². The second-order valence-corrected chi connectivity index (χ2v) is 6.47. The van der Waals surface area contributed by atoms with Crippen LogP contribution in [-0.2, 0) is 0 Å². The highest BCUT2D eigenvalue weighted by atomic mass is 14.7. The predicted octanol–water partition coefficient (Wildman–Crippen LogP) is 6.72. The first-order chi connectivity index (χ1) is 12.9. The van der Waals surface area contributed by atoms with E-state index in [4.69, 9.17) is 4.98 Å². The summed E-state index contributed by atoms with van der Waals surface area (Å²) in [5.41, 5.74) is 6.98. The number of hydrogen-bond acceptors (Lipinski definition) is 1. The Kier molecular flexibility index (Phi) is 3.50. The van der Waals surface area contributed by atoms with Crippen molar-refractivity contribution in [2.45, 2.75) is 0 Å². The molecule has 0 saturated carbocycles. The third kappa shape index (κ3) is 2.46. The molecule has 0 radical (unpaired) electrons. The Labute approximate surface area is 152 Å². The monoisotopic (exact) mass is 331 g/mol. The molecule has 0 spiro atoms. The maximum atomic E-state index is 4.90. The van der Waals surface area contributed by atoms with E-state index in [1.165, 1.54) is 33.0 Å². The van der Waals surface area contributed by atoms with Crippen LogP contribution in [0.5, 0.6) is 0 Å². The second kappa shape index (κ2) is 6.12. The lowest BCUT2D eigenvalue weighted by Gasteiger charge is -2.14. The topological polar surface area (TPSA) is 12.9 Å². The summed E-state index contributed by atoms with van der Waals surface area (Å²) in [5, 5.41) is 2.36. The molecule has 0 unspecified atom stereocenters. The average molecular weight is 331 g/mol. The van der Waals surface area contributed by atoms with Crippen molar-refractivity contribution in [2.75, 3.05) is 0 Å². The molecule has 0 aliphatic rings. The number of pyridine rings is 1. The van der Waals surface area contributed by atoms with E-state index in [2.05, 4.69) is 97.1 Å². The number of aromatic nitrogens is 1. The molecule has 0 aliphatic carbocycles. The molecule has 4 aromatic carbocycles. The highest BCUT2D eigenvalue weighted by molar-refractivity contribution is 6.06. The third-order valence-corrected chi connectivity index (χ3v) is 4.85. The first-order valence-corrected chi connectivity index (χ1v) is 8.83. The van der Waals surface area contributed by atoms with Gasteiger partial charge in [0.25, 0.3) is 0 Å². The summed E-state index contributed by atoms with van der Waals surface area (Å²) < 4.78 is 0. The van der Waals surface area contributed by atoms with Gasteiger partial charge in [0.05, 0.1) is 11.0 Å². The first-order valence-electron chi connectivity index (χ1n) is 8.83. The van der Waals surface area contributed by atoms with Crippen LogP contribution >= 0.6 is 0 Å². The molecule has 0 amide bonds. The summed E-state index contributed by atoms with van der Waals surface area (Å²) in [4.78, 5) is 4.90. The van der Waals surface area contributed by atoms with Crippen LogP contribution < -0.4 is 0 Å². The van der Waals surface area contributed by atoms with Gasteiger partial charge in [-0.3, -0.25) is 0 Å². The van der Waals surface area contributed by atoms with Gasteiger partial charge in [-0.15, -0.1) is 0 Å². The molecule has 1 nitrogen and oxygen atoms in total. The lowest BCUT2D eigenvalue weighted by atomic mass is 9.90. The minimum Gasteiger partial charge on any atom is -0.248 e. The van der Waals surface area contributed by atoms with Crippen LogP contribution in [0.4, 0.5) is 0 Å². The van der Waals surface area contributed by atoms with Gasteiger partial charge in [-0.05, 0) is 40.5 Å². The quantitative estimate of drug-likeness (QED) is 0.327. The Hall–Kier alpha value is -3.45. The van der Waals surface area contributed by atoms with Crippen molar-refractivity contribution >= 4 is 21.8 Å². The third-order valence-electron chi connectivity index (χ3n) is 4.85. The zero-order valence-corrected chi connectivity index (χ0v) is 14.3. The van der Waals surface area contributed by atoms with Gasteiger partial charge in [-0.2, -0.15) is 0 Å². The number of benzene rings is 4. The number of rotatable bonds is 2. The Bertz CT molecular complexity index is 1210. The standard InChI is InChI=1S/C25H17N/c1-3-9-18(10-4-1)21-15-16-24-22(25(21)19-11-5-2-6-12-19)17-20-13-7-8-14-23(20)26-24/h1-17H. The van der Waals surface area contributed by atoms with Crippen LogP contribution in [0.15, 0.2) is 103 Å². The van der Waals surface area contributed by atoms with Gasteiger partial charge in [-0.25, -0.2) is 4.98 Å². The summed E-state index contributed by atoms with van der Waals surface area (Å²) >= 11 is 0. The van der Waals surface area contributed by atoms with Gasteiger partial charge in [-0.1, -0.05) is 84.9 Å². The van der Waals surface area contributed by atoms with E-state index in [9.17, 15) is 0 Å². The van der Waals surface area contributed by atoms with Crippen LogP contribution in [0, 0.1) is 0 Å². The van der Waals surface area contributed by atoms with Crippen LogP contribution in [0.2, 0.25) is 0 Å². The zero-order chi connectivity index (χ0) is 17.3. The molecular weight excluding hydrogens is 314 g/mol. The van der Waals surface area contributed by atoms with Gasteiger partial charge >= 0.3 is 0 Å². The van der Waals surface area contributed by atoms with E-state index in [0.29, 0.717) is 0 Å². The molecule has 0 bridgehead atoms. The highest BCUT2D eigenvalue weighted by Gasteiger charge is 2.13. The average Bonchev–Trinajstić information content (AvgIpc) is 2.72. The number of nitrogens with zero attached hydrogens (tertiary/aromatic N) is 1. The molecule has 122 valence electrons. The molecule has 0 saturated heterocycles. The van der Waals surface area contributed by atoms with Crippen LogP contribution in [-0.4, -0.2) is 4.98 Å². The molecule has 1 heterocycles. The van der Waals surface area contributed by atoms with Crippen molar-refractivity contribution in [3.8, 4) is 22.3 Å². The summed E-state index contributed by atoms with van der Waals surface area (Å²) in [6, 6.07) is 36.1. The molecule has 1 aromatic heterocycles. The van der Waals surface area contributed by atoms with Crippen molar-refractivity contribution in [3.05, 3.63) is 103 Å². The van der Waals surface area contributed by atoms with Crippen LogP contribution in [0.1, 0.15) is 0 Å². The fourth-order valence-electron chi connectivity index (χ4n) is 3.62. The summed E-state index contributed by atoms with van der Waals surface area (Å²) in [6.07, 6.45) is 0. The smallest absolute Gasteiger partial charge is 0.0716 e. The molecule has 26 heavy (non-hydrogen) atoms. The van der Waals surface area contributed by atoms with Gasteiger partial charge in [0.1, 0.15) is 0 Å². The molecule has 5 rings (SSSR count). The van der Waals surface area contributed by atoms with E-state index in [1.807, 2.05) is 6.07 Å². The van der Waals surface area contributed by atoms with Gasteiger partial charge in [0.15, 0.2) is 0 Å². The van der Waals surface area contributed by atoms with Crippen molar-refractivity contribution in [2.24, 2.45) is 0 Å². The molecule has 1 heteroatoms. The molecule has 0 N–H and O–H groups in total. The van der Waals surface area contributed by atoms with E-state index in [0.717, 1.165) is 11.0 Å². The van der Waals surface area contributed by atoms with Crippen LogP contribution in [0.3, 0.4) is 0 Å². The van der Waals surface area contributed by atoms with Gasteiger partial charge in [0, 0.05) is 10.8 Å². The lowest BCUT2D eigenvalue weighted by molar-refractivity contribution is 1.49. The maximum absolute atomic E-state index is 4.90. The summed E-state index contributed by atoms with van der Waals surface area (Å²) in [7, 11) is 0. The van der Waals surface area contributed by atoms with E-state index < -0.39 is 0 Å². The van der Waals surface area contributed by atoms with Gasteiger partial charge < -0.3 is 0 Å². The Morgan fingerprint density at radius 3 is 1.92 bits per heavy atom. The minimum absolute atomic E-state index is 1.03. The summed E-state index contributed by atoms with van der Waals surface area (Å²) in [6.45, 7) is 0. The Morgan fingerprint density at radius 2 is 1.15 bits per heavy atom. The highest BCUT2D eigenvalue weighted by Crippen LogP contribution is 2.38. The fourth-order valence-corrected chi connectivity index (χ4v) is 3.62. The second-order valence-electron chi connectivity index (χ2n) is 6.47. The Morgan fingerprint density at radius 1 is 0.500 bits per heavy atom. The Balaban J connectivity index is 1.92. The molecular formula is C25H17N. The zero-order valence-electron chi connectivity index (χ0n) is 14.3. The van der Waals surface area contributed by atoms with E-state index in [-0.39, 0.29) is 0 Å². The van der Waals surface area contributed by atoms with Gasteiger partial charge in [0.2, 0.25) is 0 Å². The van der Waals surface area contributed by atoms with Crippen molar-refractivity contribution in [1.82, 2.24) is 4.98 Å². The fraction of sp³-hybridized carbons (Fsp3) is 0. The predicted molar refractivity (Wildman–Crippen MR) is 110 cm³/mol. The minimum atomic E-state index is 1.03. The number of fused-ring (bicyclic) bond motifs is 2. The normalized spacial score (nSPS) is 11.1. The van der Waals surface area contributed by atoms with Crippen molar-refractivity contribution in [3.63, 3.8) is 0 Å². The molecule has 0 fully saturated rings. The van der Waals surface area contributed by atoms with E-state index in [1.54, 1.807) is 0 Å². The number of para-hydroxylation sites is 1. The SMILES string of the molecule is c1ccc(-c2ccc3nc4ccccc4cc3c2-c2ccccc2)cc1. The molecule has 0 atom stereocenters. The maximum Gasteiger partial charge on any atom is 0.0716 e. The molecule has 0 aliphatic heterocycles. The van der Waals surface area contributed by atoms with E-state index >= 15 is 0 Å². The number of hydrogen-bond donors (Lipinski definition) is 0. The van der Waals surface area contributed by atoms with Crippen molar-refractivity contribution in [1.29, 1.82) is 0 Å². The largest absolute Gasteiger partial charge is 0.248 e. The van der Waals surface area contributed by atoms with Crippen LogP contribution in [0.25, 0.3) is 44.1 Å². The summed E-state index contributed by atoms with van der Waals surface area (Å²) in [5.74, 6) is 0. The molecule has 5 aromatic rings.